The molecule has 0 unspecified atom stereocenters. The van der Waals surface area contributed by atoms with Crippen LogP contribution in [-0.4, -0.2) is 11.4 Å². The minimum atomic E-state index is 0.425. The lowest BCUT2D eigenvalue weighted by molar-refractivity contribution is 1.49. The van der Waals surface area contributed by atoms with Crippen LogP contribution < -0.4 is 0 Å². The second kappa shape index (κ2) is 4.68. The maximum Gasteiger partial charge on any atom is 0.0537 e. The first-order valence-corrected chi connectivity index (χ1v) is 3.11. The van der Waals surface area contributed by atoms with E-state index in [1.807, 2.05) is 6.92 Å². The van der Waals surface area contributed by atoms with Gasteiger partial charge < -0.3 is 10.8 Å². The van der Waals surface area contributed by atoms with Crippen molar-refractivity contribution in [1.82, 2.24) is 0 Å². The summed E-state index contributed by atoms with van der Waals surface area (Å²) in [4.78, 5) is 0. The van der Waals surface area contributed by atoms with E-state index in [4.69, 9.17) is 10.8 Å². The van der Waals surface area contributed by atoms with Crippen molar-refractivity contribution in [3.8, 4) is 0 Å². The average Bonchev–Trinajstić information content (AvgIpc) is 1.85. The van der Waals surface area contributed by atoms with Crippen molar-refractivity contribution in [3.63, 3.8) is 0 Å². The molecule has 10 heavy (non-hydrogen) atoms. The Morgan fingerprint density at radius 2 is 1.70 bits per heavy atom. The van der Waals surface area contributed by atoms with Crippen LogP contribution in [0.1, 0.15) is 13.8 Å². The molecule has 0 aromatic rings. The van der Waals surface area contributed by atoms with Gasteiger partial charge in [-0.15, -0.1) is 0 Å². The minimum absolute atomic E-state index is 0.425. The topological polar surface area (TPSA) is 47.7 Å². The molecular weight excluding hydrogens is 124 g/mol. The summed E-state index contributed by atoms with van der Waals surface area (Å²) < 4.78 is 0. The highest BCUT2D eigenvalue weighted by molar-refractivity contribution is 6.05. The van der Waals surface area contributed by atoms with E-state index in [-0.39, 0.29) is 0 Å². The molecule has 0 aliphatic carbocycles. The summed E-state index contributed by atoms with van der Waals surface area (Å²) >= 11 is 0. The molecule has 0 heterocycles. The lowest BCUT2D eigenvalue weighted by atomic mass is 10.3. The van der Waals surface area contributed by atoms with Gasteiger partial charge in [0.25, 0.3) is 0 Å². The summed E-state index contributed by atoms with van der Waals surface area (Å²) in [6, 6.07) is 0. The second-order valence-corrected chi connectivity index (χ2v) is 1.97. The van der Waals surface area contributed by atoms with Crippen molar-refractivity contribution < 1.29 is 0 Å². The third-order valence-corrected chi connectivity index (χ3v) is 0.859. The van der Waals surface area contributed by atoms with E-state index in [2.05, 4.69) is 0 Å². The van der Waals surface area contributed by atoms with Crippen molar-refractivity contribution in [2.24, 2.45) is 0 Å². The summed E-state index contributed by atoms with van der Waals surface area (Å²) in [5.41, 5.74) is 0.892. The molecule has 0 aliphatic rings. The molecule has 0 rings (SSSR count). The SMILES string of the molecule is C/C=C/C(=N)/C=C\C(C)=N. The predicted octanol–water partition coefficient (Wildman–Crippen LogP) is 2.18. The smallest absolute Gasteiger partial charge is 0.0537 e. The van der Waals surface area contributed by atoms with Gasteiger partial charge in [0.1, 0.15) is 0 Å². The van der Waals surface area contributed by atoms with Gasteiger partial charge in [-0.2, -0.15) is 0 Å². The lowest BCUT2D eigenvalue weighted by Crippen LogP contribution is -1.86. The molecule has 54 valence electrons. The van der Waals surface area contributed by atoms with Crippen molar-refractivity contribution in [1.29, 1.82) is 10.8 Å². The second-order valence-electron chi connectivity index (χ2n) is 1.97. The van der Waals surface area contributed by atoms with Crippen molar-refractivity contribution >= 4 is 11.4 Å². The molecule has 0 spiro atoms. The Hall–Kier alpha value is -1.18. The fourth-order valence-electron chi connectivity index (χ4n) is 0.450. The van der Waals surface area contributed by atoms with Crippen molar-refractivity contribution in [3.05, 3.63) is 24.3 Å². The number of hydrogen-bond acceptors (Lipinski definition) is 2. The van der Waals surface area contributed by atoms with Gasteiger partial charge in [0.05, 0.1) is 5.71 Å². The first-order valence-electron chi connectivity index (χ1n) is 3.11. The third kappa shape index (κ3) is 4.97. The quantitative estimate of drug-likeness (QED) is 0.559. The highest BCUT2D eigenvalue weighted by Crippen LogP contribution is 1.82. The Morgan fingerprint density at radius 3 is 2.10 bits per heavy atom. The van der Waals surface area contributed by atoms with E-state index >= 15 is 0 Å². The zero-order valence-electron chi connectivity index (χ0n) is 6.31. The molecule has 2 N–H and O–H groups in total. The third-order valence-electron chi connectivity index (χ3n) is 0.859. The van der Waals surface area contributed by atoms with E-state index < -0.39 is 0 Å². The fourth-order valence-corrected chi connectivity index (χ4v) is 0.450. The highest BCUT2D eigenvalue weighted by Gasteiger charge is 1.80. The number of nitrogens with one attached hydrogen (secondary N) is 2. The van der Waals surface area contributed by atoms with Crippen LogP contribution in [0.4, 0.5) is 0 Å². The average molecular weight is 136 g/mol. The Bertz CT molecular complexity index is 187. The largest absolute Gasteiger partial charge is 0.306 e. The van der Waals surface area contributed by atoms with Crippen LogP contribution in [0.2, 0.25) is 0 Å². The van der Waals surface area contributed by atoms with Gasteiger partial charge in [-0.25, -0.2) is 0 Å². The summed E-state index contributed by atoms with van der Waals surface area (Å²) in [7, 11) is 0. The molecule has 0 amide bonds. The maximum atomic E-state index is 7.21. The molecule has 0 aromatic carbocycles. The zero-order valence-corrected chi connectivity index (χ0v) is 6.31. The predicted molar refractivity (Wildman–Crippen MR) is 45.1 cm³/mol. The van der Waals surface area contributed by atoms with Crippen LogP contribution in [0.3, 0.4) is 0 Å². The summed E-state index contributed by atoms with van der Waals surface area (Å²) in [5, 5.41) is 14.2. The van der Waals surface area contributed by atoms with Crippen LogP contribution in [0.5, 0.6) is 0 Å². The van der Waals surface area contributed by atoms with E-state index in [1.165, 1.54) is 0 Å². The summed E-state index contributed by atoms with van der Waals surface area (Å²) in [6.07, 6.45) is 6.68. The first-order chi connectivity index (χ1) is 4.66. The van der Waals surface area contributed by atoms with Gasteiger partial charge in [0.15, 0.2) is 0 Å². The van der Waals surface area contributed by atoms with Gasteiger partial charge in [-0.3, -0.25) is 0 Å². The van der Waals surface area contributed by atoms with E-state index in [9.17, 15) is 0 Å². The molecule has 0 aliphatic heterocycles. The summed E-state index contributed by atoms with van der Waals surface area (Å²) in [5.74, 6) is 0. The zero-order chi connectivity index (χ0) is 7.98. The number of hydrogen-bond donors (Lipinski definition) is 2. The molecule has 0 aromatic heterocycles. The van der Waals surface area contributed by atoms with E-state index in [0.717, 1.165) is 0 Å². The Labute approximate surface area is 61.3 Å². The molecule has 2 nitrogen and oxygen atoms in total. The fraction of sp³-hybridized carbons (Fsp3) is 0.250. The normalized spacial score (nSPS) is 11.0. The maximum absolute atomic E-state index is 7.21. The number of allylic oxidation sites excluding steroid dienone is 4. The van der Waals surface area contributed by atoms with Gasteiger partial charge >= 0.3 is 0 Å². The van der Waals surface area contributed by atoms with E-state index in [0.29, 0.717) is 11.4 Å². The molecule has 2 heteroatoms. The van der Waals surface area contributed by atoms with Crippen LogP contribution in [-0.2, 0) is 0 Å². The van der Waals surface area contributed by atoms with Crippen LogP contribution in [0, 0.1) is 10.8 Å². The van der Waals surface area contributed by atoms with Crippen molar-refractivity contribution in [2.75, 3.05) is 0 Å². The molecule has 0 atom stereocenters. The molecule has 0 fully saturated rings. The first kappa shape index (κ1) is 8.82. The minimum Gasteiger partial charge on any atom is -0.306 e. The highest BCUT2D eigenvalue weighted by atomic mass is 14.4. The molecule has 0 radical (unpaired) electrons. The monoisotopic (exact) mass is 136 g/mol. The van der Waals surface area contributed by atoms with E-state index in [1.54, 1.807) is 31.2 Å². The lowest BCUT2D eigenvalue weighted by Gasteiger charge is -1.84. The molecule has 0 bridgehead atoms. The van der Waals surface area contributed by atoms with Gasteiger partial charge in [-0.05, 0) is 32.1 Å². The van der Waals surface area contributed by atoms with Crippen LogP contribution in [0.25, 0.3) is 0 Å². The van der Waals surface area contributed by atoms with Gasteiger partial charge in [0.2, 0.25) is 0 Å². The molecule has 0 saturated heterocycles. The standard InChI is InChI=1S/C8H12N2/c1-3-4-8(10)6-5-7(2)9/h3-6,9-10H,1-2H3/b4-3+,6-5-,9-7?,10-8?. The van der Waals surface area contributed by atoms with Gasteiger partial charge in [0, 0.05) is 5.71 Å². The van der Waals surface area contributed by atoms with Crippen LogP contribution >= 0.6 is 0 Å². The van der Waals surface area contributed by atoms with Gasteiger partial charge in [-0.1, -0.05) is 6.08 Å². The Kier molecular flexibility index (Phi) is 4.12. The molecular formula is C8H12N2. The Balaban J connectivity index is 3.90. The molecule has 0 saturated carbocycles. The van der Waals surface area contributed by atoms with Crippen LogP contribution in [0.15, 0.2) is 24.3 Å². The summed E-state index contributed by atoms with van der Waals surface area (Å²) in [6.45, 7) is 3.54. The van der Waals surface area contributed by atoms with Crippen molar-refractivity contribution in [2.45, 2.75) is 13.8 Å². The Morgan fingerprint density at radius 1 is 1.10 bits per heavy atom. The number of rotatable bonds is 3.